The van der Waals surface area contributed by atoms with Crippen LogP contribution < -0.4 is 9.64 Å². The number of amides is 4. The molecule has 1 aromatic heterocycles. The first-order chi connectivity index (χ1) is 22.5. The first kappa shape index (κ1) is 29.7. The van der Waals surface area contributed by atoms with E-state index < -0.39 is 51.1 Å². The highest BCUT2D eigenvalue weighted by atomic mass is 35.5. The molecule has 2 saturated heterocycles. The molecule has 238 valence electrons. The van der Waals surface area contributed by atoms with Gasteiger partial charge in [0, 0.05) is 18.5 Å². The summed E-state index contributed by atoms with van der Waals surface area (Å²) in [4.78, 5) is 58.4. The molecule has 1 saturated carbocycles. The number of carbonyl (C=O) groups is 4. The summed E-state index contributed by atoms with van der Waals surface area (Å²) < 4.78 is 11.1. The number of methoxy groups -OCH3 is 1. The number of hydrogen-bond donors (Lipinski definition) is 1. The van der Waals surface area contributed by atoms with Gasteiger partial charge in [0.05, 0.1) is 24.6 Å². The Morgan fingerprint density at radius 2 is 1.70 bits per heavy atom. The summed E-state index contributed by atoms with van der Waals surface area (Å²) in [6.07, 6.45) is 1.94. The van der Waals surface area contributed by atoms with Crippen molar-refractivity contribution in [3.8, 4) is 23.0 Å². The summed E-state index contributed by atoms with van der Waals surface area (Å²) in [5.74, 6) is -4.91. The number of nitrogens with zero attached hydrogens (tertiary/aromatic N) is 3. The van der Waals surface area contributed by atoms with E-state index in [0.29, 0.717) is 39.4 Å². The van der Waals surface area contributed by atoms with Gasteiger partial charge in [-0.05, 0) is 72.9 Å². The minimum atomic E-state index is -1.94. The highest BCUT2D eigenvalue weighted by Gasteiger charge is 2.75. The molecule has 4 aliphatic rings. The summed E-state index contributed by atoms with van der Waals surface area (Å²) >= 11 is 14.4. The highest BCUT2D eigenvalue weighted by Crippen LogP contribution is 2.65. The van der Waals surface area contributed by atoms with Crippen LogP contribution in [0.15, 0.2) is 82.8 Å². The molecule has 3 fully saturated rings. The highest BCUT2D eigenvalue weighted by molar-refractivity contribution is 6.53. The van der Waals surface area contributed by atoms with Crippen molar-refractivity contribution < 1.29 is 33.4 Å². The van der Waals surface area contributed by atoms with Crippen molar-refractivity contribution >= 4 is 63.6 Å². The SMILES string of the molecule is COc1ccc([C@H]2C3=CC[C@@H]4C(=O)N(c5ccc(-c6nc7ccccc7o6)cc5)C(=O)[C@@H]4[C@@H]3C[C@@]3(Cl)C(=O)N(C)C(=O)[C@@]23Cl)cc1O. The fourth-order valence-electron chi connectivity index (χ4n) is 8.01. The first-order valence-corrected chi connectivity index (χ1v) is 15.9. The molecule has 2 aliphatic heterocycles. The predicted octanol–water partition coefficient (Wildman–Crippen LogP) is 5.40. The summed E-state index contributed by atoms with van der Waals surface area (Å²) in [7, 11) is 2.74. The molecule has 3 heterocycles. The van der Waals surface area contributed by atoms with Gasteiger partial charge in [0.1, 0.15) is 5.52 Å². The van der Waals surface area contributed by atoms with Gasteiger partial charge in [0.15, 0.2) is 26.8 Å². The van der Waals surface area contributed by atoms with Gasteiger partial charge in [0.2, 0.25) is 17.7 Å². The average Bonchev–Trinajstić information content (AvgIpc) is 3.66. The minimum absolute atomic E-state index is 0.123. The average molecular weight is 673 g/mol. The number of aromatic nitrogens is 1. The standard InChI is InChI=1S/C35H27Cl2N3O7/c1-39-32(44)34(36)16-22-20(28(35(34,37)33(39)45)18-9-14-26(46-2)24(41)15-18)12-13-21-27(22)31(43)40(30(21)42)19-10-7-17(8-11-19)29-38-23-5-3-4-6-25(23)47-29/h3-12,14-15,21-22,27-28,41H,13,16H2,1-2H3/t21-,22+,27-,28-,34+,35-/m0/s1. The van der Waals surface area contributed by atoms with Crippen LogP contribution in [0, 0.1) is 17.8 Å². The lowest BCUT2D eigenvalue weighted by Gasteiger charge is -2.50. The lowest BCUT2D eigenvalue weighted by Crippen LogP contribution is -2.60. The number of benzene rings is 3. The number of rotatable bonds is 4. The number of phenolic OH excluding ortho intramolecular Hbond substituents is 1. The molecule has 47 heavy (non-hydrogen) atoms. The van der Waals surface area contributed by atoms with Crippen LogP contribution in [0.1, 0.15) is 24.3 Å². The molecule has 2 aliphatic carbocycles. The van der Waals surface area contributed by atoms with Crippen molar-refractivity contribution in [3.05, 3.63) is 83.9 Å². The van der Waals surface area contributed by atoms with Crippen molar-refractivity contribution in [2.75, 3.05) is 19.1 Å². The van der Waals surface area contributed by atoms with Crippen LogP contribution in [0.2, 0.25) is 0 Å². The Kier molecular flexibility index (Phi) is 6.43. The number of phenols is 1. The number of ether oxygens (including phenoxy) is 1. The number of anilines is 1. The van der Waals surface area contributed by atoms with Crippen LogP contribution in [0.25, 0.3) is 22.6 Å². The first-order valence-electron chi connectivity index (χ1n) is 15.1. The van der Waals surface area contributed by atoms with Crippen LogP contribution >= 0.6 is 23.2 Å². The van der Waals surface area contributed by atoms with Gasteiger partial charge >= 0.3 is 0 Å². The van der Waals surface area contributed by atoms with E-state index in [9.17, 15) is 24.3 Å². The van der Waals surface area contributed by atoms with Crippen LogP contribution in [-0.4, -0.2) is 62.5 Å². The van der Waals surface area contributed by atoms with Crippen molar-refractivity contribution in [2.45, 2.75) is 28.5 Å². The second-order valence-electron chi connectivity index (χ2n) is 12.5. The molecule has 1 N–H and O–H groups in total. The Hall–Kier alpha value is -4.67. The maximum Gasteiger partial charge on any atom is 0.253 e. The van der Waals surface area contributed by atoms with E-state index >= 15 is 0 Å². The Morgan fingerprint density at radius 1 is 0.957 bits per heavy atom. The van der Waals surface area contributed by atoms with Crippen molar-refractivity contribution in [3.63, 3.8) is 0 Å². The van der Waals surface area contributed by atoms with Crippen molar-refractivity contribution in [1.29, 1.82) is 0 Å². The number of fused-ring (bicyclic) bond motifs is 5. The molecule has 4 amide bonds. The van der Waals surface area contributed by atoms with E-state index in [-0.39, 0.29) is 30.2 Å². The third-order valence-corrected chi connectivity index (χ3v) is 11.6. The summed E-state index contributed by atoms with van der Waals surface area (Å²) in [6.45, 7) is 0. The lowest BCUT2D eigenvalue weighted by atomic mass is 9.56. The number of aromatic hydroxyl groups is 1. The number of carbonyl (C=O) groups excluding carboxylic acids is 4. The number of para-hydroxylation sites is 2. The number of imide groups is 2. The van der Waals surface area contributed by atoms with Gasteiger partial charge in [-0.15, -0.1) is 23.2 Å². The van der Waals surface area contributed by atoms with E-state index in [4.69, 9.17) is 32.4 Å². The second kappa shape index (κ2) is 10.2. The molecule has 0 spiro atoms. The van der Waals surface area contributed by atoms with Crippen LogP contribution in [-0.2, 0) is 19.2 Å². The van der Waals surface area contributed by atoms with Gasteiger partial charge in [-0.3, -0.25) is 29.0 Å². The molecule has 3 aromatic carbocycles. The van der Waals surface area contributed by atoms with E-state index in [1.54, 1.807) is 30.3 Å². The van der Waals surface area contributed by atoms with Crippen LogP contribution in [0.3, 0.4) is 0 Å². The largest absolute Gasteiger partial charge is 0.504 e. The van der Waals surface area contributed by atoms with Crippen molar-refractivity contribution in [1.82, 2.24) is 9.88 Å². The Balaban J connectivity index is 1.18. The molecule has 10 nitrogen and oxygen atoms in total. The molecule has 6 atom stereocenters. The molecular weight excluding hydrogens is 645 g/mol. The number of alkyl halides is 2. The minimum Gasteiger partial charge on any atom is -0.504 e. The topological polar surface area (TPSA) is 130 Å². The maximum absolute atomic E-state index is 14.3. The molecular formula is C35H27Cl2N3O7. The van der Waals surface area contributed by atoms with Gasteiger partial charge in [-0.1, -0.05) is 29.8 Å². The molecule has 12 heteroatoms. The normalized spacial score (nSPS) is 30.0. The predicted molar refractivity (Wildman–Crippen MR) is 172 cm³/mol. The third-order valence-electron chi connectivity index (χ3n) is 10.2. The number of allylic oxidation sites excluding steroid dienone is 2. The van der Waals surface area contributed by atoms with Gasteiger partial charge in [-0.25, -0.2) is 4.98 Å². The Labute approximate surface area is 278 Å². The Morgan fingerprint density at radius 3 is 2.40 bits per heavy atom. The smallest absolute Gasteiger partial charge is 0.253 e. The van der Waals surface area contributed by atoms with Gasteiger partial charge in [-0.2, -0.15) is 0 Å². The maximum atomic E-state index is 14.3. The number of hydrogen-bond acceptors (Lipinski definition) is 8. The molecule has 0 unspecified atom stereocenters. The molecule has 8 rings (SSSR count). The van der Waals surface area contributed by atoms with E-state index in [0.717, 1.165) is 4.90 Å². The van der Waals surface area contributed by atoms with Crippen LogP contribution in [0.4, 0.5) is 5.69 Å². The zero-order valence-electron chi connectivity index (χ0n) is 25.1. The van der Waals surface area contributed by atoms with E-state index in [1.807, 2.05) is 30.3 Å². The number of oxazole rings is 1. The summed E-state index contributed by atoms with van der Waals surface area (Å²) in [5, 5.41) is 10.7. The fraction of sp³-hybridized carbons (Fsp3) is 0.286. The number of likely N-dealkylation sites (tertiary alicyclic amines) is 1. The van der Waals surface area contributed by atoms with Crippen molar-refractivity contribution in [2.24, 2.45) is 17.8 Å². The monoisotopic (exact) mass is 671 g/mol. The van der Waals surface area contributed by atoms with E-state index in [2.05, 4.69) is 4.98 Å². The molecule has 4 aromatic rings. The van der Waals surface area contributed by atoms with Gasteiger partial charge < -0.3 is 14.3 Å². The summed E-state index contributed by atoms with van der Waals surface area (Å²) in [5.41, 5.74) is 3.49. The number of halogens is 2. The fourth-order valence-corrected chi connectivity index (χ4v) is 9.03. The zero-order valence-corrected chi connectivity index (χ0v) is 26.7. The summed E-state index contributed by atoms with van der Waals surface area (Å²) in [6, 6.07) is 18.9. The zero-order chi connectivity index (χ0) is 33.0. The Bertz CT molecular complexity index is 2040. The van der Waals surface area contributed by atoms with E-state index in [1.165, 1.54) is 31.2 Å². The lowest BCUT2D eigenvalue weighted by molar-refractivity contribution is -0.138. The van der Waals surface area contributed by atoms with Crippen LogP contribution in [0.5, 0.6) is 11.5 Å². The third kappa shape index (κ3) is 3.88. The molecule has 0 radical (unpaired) electrons. The molecule has 0 bridgehead atoms. The quantitative estimate of drug-likeness (QED) is 0.173. The van der Waals surface area contributed by atoms with Gasteiger partial charge in [0.25, 0.3) is 11.8 Å². The second-order valence-corrected chi connectivity index (χ2v) is 13.7.